The normalized spacial score (nSPS) is 24.8. The van der Waals surface area contributed by atoms with Gasteiger partial charge < -0.3 is 15.0 Å². The van der Waals surface area contributed by atoms with Gasteiger partial charge in [-0.3, -0.25) is 9.59 Å². The molecule has 2 atom stereocenters. The van der Waals surface area contributed by atoms with Crippen molar-refractivity contribution in [2.75, 3.05) is 17.7 Å². The zero-order valence-corrected chi connectivity index (χ0v) is 15.7. The van der Waals surface area contributed by atoms with Crippen molar-refractivity contribution >= 4 is 41.3 Å². The van der Waals surface area contributed by atoms with E-state index in [1.165, 1.54) is 6.08 Å². The number of thioether (sulfide) groups is 1. The van der Waals surface area contributed by atoms with Crippen LogP contribution < -0.4 is 5.32 Å². The van der Waals surface area contributed by atoms with E-state index in [2.05, 4.69) is 5.32 Å². The van der Waals surface area contributed by atoms with Crippen molar-refractivity contribution in [3.05, 3.63) is 35.9 Å². The summed E-state index contributed by atoms with van der Waals surface area (Å²) in [5, 5.41) is 2.88. The summed E-state index contributed by atoms with van der Waals surface area (Å²) in [6.07, 6.45) is 4.33. The van der Waals surface area contributed by atoms with Gasteiger partial charge in [0.05, 0.1) is 11.5 Å². The second-order valence-electron chi connectivity index (χ2n) is 6.46. The molecule has 1 N–H and O–H groups in total. The van der Waals surface area contributed by atoms with Gasteiger partial charge in [0.25, 0.3) is 0 Å². The number of hydrogen-bond acceptors (Lipinski definition) is 5. The van der Waals surface area contributed by atoms with Crippen molar-refractivity contribution < 1.29 is 19.1 Å². The Balaban J connectivity index is 1.62. The minimum atomic E-state index is -0.427. The van der Waals surface area contributed by atoms with Gasteiger partial charge in [0.2, 0.25) is 11.8 Å². The van der Waals surface area contributed by atoms with Crippen molar-refractivity contribution in [2.45, 2.75) is 37.6 Å². The number of rotatable bonds is 5. The molecule has 2 unspecified atom stereocenters. The molecule has 3 rings (SSSR count). The number of nitrogens with zero attached hydrogens (tertiary/aromatic N) is 1. The average molecular weight is 374 g/mol. The van der Waals surface area contributed by atoms with Crippen LogP contribution in [0.25, 0.3) is 6.08 Å². The third-order valence-electron chi connectivity index (χ3n) is 4.62. The number of carbonyl (C=O) groups excluding carboxylic acids is 3. The SMILES string of the molecule is CCOC(=O)C=Cc1ccc(NC(=O)C2CSC3(C)CCC(=O)N23)cc1. The van der Waals surface area contributed by atoms with Crippen LogP contribution >= 0.6 is 11.8 Å². The van der Waals surface area contributed by atoms with Crippen molar-refractivity contribution in [3.63, 3.8) is 0 Å². The fourth-order valence-corrected chi connectivity index (χ4v) is 4.70. The first-order chi connectivity index (χ1) is 12.4. The van der Waals surface area contributed by atoms with E-state index in [4.69, 9.17) is 4.74 Å². The van der Waals surface area contributed by atoms with Gasteiger partial charge in [-0.15, -0.1) is 11.8 Å². The maximum absolute atomic E-state index is 12.6. The molecular formula is C19H22N2O4S. The van der Waals surface area contributed by atoms with Gasteiger partial charge in [-0.2, -0.15) is 0 Å². The van der Waals surface area contributed by atoms with Crippen LogP contribution in [0, 0.1) is 0 Å². The molecule has 0 radical (unpaired) electrons. The molecule has 7 heteroatoms. The molecule has 0 aliphatic carbocycles. The standard InChI is InChI=1S/C19H22N2O4S/c1-3-25-17(23)9-6-13-4-7-14(8-5-13)20-18(24)15-12-26-19(2)11-10-16(22)21(15)19/h4-9,15H,3,10-12H2,1-2H3,(H,20,24). The maximum atomic E-state index is 12.6. The van der Waals surface area contributed by atoms with Crippen LogP contribution in [0.3, 0.4) is 0 Å². The summed E-state index contributed by atoms with van der Waals surface area (Å²) in [6.45, 7) is 4.12. The zero-order valence-electron chi connectivity index (χ0n) is 14.9. The fourth-order valence-electron chi connectivity index (χ4n) is 3.27. The van der Waals surface area contributed by atoms with E-state index >= 15 is 0 Å². The Kier molecular flexibility index (Phi) is 5.36. The Morgan fingerprint density at radius 3 is 2.81 bits per heavy atom. The highest BCUT2D eigenvalue weighted by atomic mass is 32.2. The average Bonchev–Trinajstić information content (AvgIpc) is 3.11. The summed E-state index contributed by atoms with van der Waals surface area (Å²) in [5.41, 5.74) is 1.49. The predicted molar refractivity (Wildman–Crippen MR) is 101 cm³/mol. The first kappa shape index (κ1) is 18.5. The Labute approximate surface area is 157 Å². The van der Waals surface area contributed by atoms with Crippen molar-refractivity contribution in [1.29, 1.82) is 0 Å². The van der Waals surface area contributed by atoms with Gasteiger partial charge in [0.15, 0.2) is 0 Å². The van der Waals surface area contributed by atoms with Gasteiger partial charge in [0, 0.05) is 23.9 Å². The highest BCUT2D eigenvalue weighted by Crippen LogP contribution is 2.47. The summed E-state index contributed by atoms with van der Waals surface area (Å²) in [5.74, 6) is 0.124. The molecule has 2 amide bonds. The van der Waals surface area contributed by atoms with Crippen LogP contribution in [-0.4, -0.2) is 46.0 Å². The molecular weight excluding hydrogens is 352 g/mol. The van der Waals surface area contributed by atoms with Crippen LogP contribution in [0.1, 0.15) is 32.3 Å². The van der Waals surface area contributed by atoms with Crippen LogP contribution in [0.5, 0.6) is 0 Å². The fraction of sp³-hybridized carbons (Fsp3) is 0.421. The highest BCUT2D eigenvalue weighted by Gasteiger charge is 2.52. The van der Waals surface area contributed by atoms with E-state index < -0.39 is 6.04 Å². The van der Waals surface area contributed by atoms with Crippen LogP contribution in [0.15, 0.2) is 30.3 Å². The highest BCUT2D eigenvalue weighted by molar-refractivity contribution is 8.01. The van der Waals surface area contributed by atoms with E-state index in [9.17, 15) is 14.4 Å². The summed E-state index contributed by atoms with van der Waals surface area (Å²) in [6, 6.07) is 6.73. The first-order valence-electron chi connectivity index (χ1n) is 8.65. The van der Waals surface area contributed by atoms with E-state index in [1.54, 1.807) is 53.9 Å². The lowest BCUT2D eigenvalue weighted by Gasteiger charge is -2.29. The number of ether oxygens (including phenoxy) is 1. The molecule has 138 valence electrons. The van der Waals surface area contributed by atoms with E-state index in [-0.39, 0.29) is 22.7 Å². The summed E-state index contributed by atoms with van der Waals surface area (Å²) in [4.78, 5) is 37.6. The summed E-state index contributed by atoms with van der Waals surface area (Å²) in [7, 11) is 0. The van der Waals surface area contributed by atoms with Gasteiger partial charge >= 0.3 is 5.97 Å². The molecule has 1 aromatic rings. The van der Waals surface area contributed by atoms with Crippen molar-refractivity contribution in [2.24, 2.45) is 0 Å². The molecule has 0 bridgehead atoms. The van der Waals surface area contributed by atoms with E-state index in [1.807, 2.05) is 6.92 Å². The molecule has 0 aromatic heterocycles. The number of anilines is 1. The minimum Gasteiger partial charge on any atom is -0.463 e. The number of amides is 2. The van der Waals surface area contributed by atoms with Gasteiger partial charge in [0.1, 0.15) is 6.04 Å². The summed E-state index contributed by atoms with van der Waals surface area (Å²) < 4.78 is 4.83. The van der Waals surface area contributed by atoms with Gasteiger partial charge in [-0.05, 0) is 44.0 Å². The molecule has 2 aliphatic rings. The number of carbonyl (C=O) groups is 3. The number of hydrogen-bond donors (Lipinski definition) is 1. The lowest BCUT2D eigenvalue weighted by atomic mass is 10.1. The maximum Gasteiger partial charge on any atom is 0.330 e. The molecule has 2 heterocycles. The van der Waals surface area contributed by atoms with Crippen LogP contribution in [0.4, 0.5) is 5.69 Å². The largest absolute Gasteiger partial charge is 0.463 e. The quantitative estimate of drug-likeness (QED) is 0.633. The van der Waals surface area contributed by atoms with Crippen LogP contribution in [-0.2, 0) is 19.1 Å². The zero-order chi connectivity index (χ0) is 18.7. The Hall–Kier alpha value is -2.28. The summed E-state index contributed by atoms with van der Waals surface area (Å²) >= 11 is 1.67. The number of benzene rings is 1. The third kappa shape index (κ3) is 3.77. The topological polar surface area (TPSA) is 75.7 Å². The van der Waals surface area contributed by atoms with Gasteiger partial charge in [-0.25, -0.2) is 4.79 Å². The first-order valence-corrected chi connectivity index (χ1v) is 9.63. The number of fused-ring (bicyclic) bond motifs is 1. The Bertz CT molecular complexity index is 746. The van der Waals surface area contributed by atoms with Crippen molar-refractivity contribution in [1.82, 2.24) is 4.90 Å². The number of esters is 1. The van der Waals surface area contributed by atoms with Crippen molar-refractivity contribution in [3.8, 4) is 0 Å². The molecule has 2 aliphatic heterocycles. The molecule has 26 heavy (non-hydrogen) atoms. The molecule has 0 spiro atoms. The lowest BCUT2D eigenvalue weighted by Crippen LogP contribution is -2.48. The monoisotopic (exact) mass is 374 g/mol. The third-order valence-corrected chi connectivity index (χ3v) is 6.13. The lowest BCUT2D eigenvalue weighted by molar-refractivity contribution is -0.137. The Morgan fingerprint density at radius 2 is 2.12 bits per heavy atom. The smallest absolute Gasteiger partial charge is 0.330 e. The minimum absolute atomic E-state index is 0.0529. The Morgan fingerprint density at radius 1 is 1.38 bits per heavy atom. The molecule has 2 saturated heterocycles. The molecule has 2 fully saturated rings. The van der Waals surface area contributed by atoms with E-state index in [0.29, 0.717) is 24.5 Å². The second kappa shape index (κ2) is 7.53. The molecule has 0 saturated carbocycles. The molecule has 1 aromatic carbocycles. The van der Waals surface area contributed by atoms with Crippen LogP contribution in [0.2, 0.25) is 0 Å². The van der Waals surface area contributed by atoms with E-state index in [0.717, 1.165) is 12.0 Å². The second-order valence-corrected chi connectivity index (χ2v) is 7.96. The number of nitrogens with one attached hydrogen (secondary N) is 1. The van der Waals surface area contributed by atoms with Gasteiger partial charge in [-0.1, -0.05) is 12.1 Å². The predicted octanol–water partition coefficient (Wildman–Crippen LogP) is 2.66. The molecule has 6 nitrogen and oxygen atoms in total.